The molecule has 1 aromatic rings. The highest BCUT2D eigenvalue weighted by molar-refractivity contribution is 5.77. The van der Waals surface area contributed by atoms with Crippen LogP contribution in [0.2, 0.25) is 0 Å². The number of benzene rings is 1. The number of carbonyl (C=O) groups is 1. The largest absolute Gasteiger partial charge is 0.494 e. The smallest absolute Gasteiger partial charge is 0.222 e. The summed E-state index contributed by atoms with van der Waals surface area (Å²) in [6.45, 7) is 6.31. The molecule has 132 valence electrons. The van der Waals surface area contributed by atoms with Gasteiger partial charge in [0.25, 0.3) is 0 Å². The minimum Gasteiger partial charge on any atom is -0.494 e. The molecule has 5 nitrogen and oxygen atoms in total. The van der Waals surface area contributed by atoms with Crippen LogP contribution in [0.15, 0.2) is 24.3 Å². The third-order valence-corrected chi connectivity index (χ3v) is 5.17. The molecule has 2 saturated heterocycles. The van der Waals surface area contributed by atoms with Gasteiger partial charge in [0.15, 0.2) is 0 Å². The SMILES string of the molecule is CCOc1ccc(CCC(=O)N2C[C@@H]3COC[C@]3(COC)C2)cc1. The van der Waals surface area contributed by atoms with Crippen molar-refractivity contribution in [3.8, 4) is 5.75 Å². The first-order valence-electron chi connectivity index (χ1n) is 8.73. The highest BCUT2D eigenvalue weighted by atomic mass is 16.5. The van der Waals surface area contributed by atoms with Crippen molar-refractivity contribution in [2.45, 2.75) is 19.8 Å². The lowest BCUT2D eigenvalue weighted by Crippen LogP contribution is -2.37. The van der Waals surface area contributed by atoms with Crippen molar-refractivity contribution in [3.05, 3.63) is 29.8 Å². The molecule has 0 saturated carbocycles. The van der Waals surface area contributed by atoms with Crippen LogP contribution in [0.5, 0.6) is 5.75 Å². The van der Waals surface area contributed by atoms with E-state index in [1.54, 1.807) is 7.11 Å². The molecule has 0 radical (unpaired) electrons. The molecule has 2 aliphatic heterocycles. The average Bonchev–Trinajstić information content (AvgIpc) is 3.11. The number of methoxy groups -OCH3 is 1. The van der Waals surface area contributed by atoms with E-state index >= 15 is 0 Å². The molecule has 0 bridgehead atoms. The summed E-state index contributed by atoms with van der Waals surface area (Å²) in [5.41, 5.74) is 1.17. The molecule has 2 aliphatic rings. The molecule has 3 rings (SSSR count). The molecular weight excluding hydrogens is 306 g/mol. The molecule has 2 atom stereocenters. The molecule has 0 spiro atoms. The topological polar surface area (TPSA) is 48.0 Å². The Morgan fingerprint density at radius 2 is 2.17 bits per heavy atom. The molecule has 24 heavy (non-hydrogen) atoms. The number of rotatable bonds is 7. The van der Waals surface area contributed by atoms with E-state index < -0.39 is 0 Å². The van der Waals surface area contributed by atoms with Crippen LogP contribution in [0.3, 0.4) is 0 Å². The van der Waals surface area contributed by atoms with Gasteiger partial charge in [0, 0.05) is 38.0 Å². The van der Waals surface area contributed by atoms with Crippen LogP contribution >= 0.6 is 0 Å². The number of carbonyl (C=O) groups excluding carboxylic acids is 1. The third-order valence-electron chi connectivity index (χ3n) is 5.17. The summed E-state index contributed by atoms with van der Waals surface area (Å²) in [4.78, 5) is 14.6. The van der Waals surface area contributed by atoms with E-state index in [-0.39, 0.29) is 11.3 Å². The number of hydrogen-bond acceptors (Lipinski definition) is 4. The second kappa shape index (κ2) is 7.53. The number of likely N-dealkylation sites (tertiary alicyclic amines) is 1. The first-order chi connectivity index (χ1) is 11.7. The zero-order valence-corrected chi connectivity index (χ0v) is 14.6. The summed E-state index contributed by atoms with van der Waals surface area (Å²) in [5.74, 6) is 1.52. The van der Waals surface area contributed by atoms with Crippen molar-refractivity contribution in [2.75, 3.05) is 46.6 Å². The van der Waals surface area contributed by atoms with Gasteiger partial charge in [0.05, 0.1) is 26.4 Å². The van der Waals surface area contributed by atoms with Gasteiger partial charge in [0.2, 0.25) is 5.91 Å². The van der Waals surface area contributed by atoms with Crippen molar-refractivity contribution < 1.29 is 19.0 Å². The second-order valence-electron chi connectivity index (χ2n) is 6.86. The van der Waals surface area contributed by atoms with E-state index in [9.17, 15) is 4.79 Å². The summed E-state index contributed by atoms with van der Waals surface area (Å²) in [6.07, 6.45) is 1.31. The minimum atomic E-state index is 0.00352. The van der Waals surface area contributed by atoms with Gasteiger partial charge in [0.1, 0.15) is 5.75 Å². The molecule has 5 heteroatoms. The van der Waals surface area contributed by atoms with Crippen molar-refractivity contribution in [3.63, 3.8) is 0 Å². The van der Waals surface area contributed by atoms with Gasteiger partial charge < -0.3 is 19.1 Å². The normalized spacial score (nSPS) is 25.8. The summed E-state index contributed by atoms with van der Waals surface area (Å²) in [7, 11) is 1.72. The quantitative estimate of drug-likeness (QED) is 0.767. The first-order valence-corrected chi connectivity index (χ1v) is 8.73. The number of ether oxygens (including phenoxy) is 3. The number of aryl methyl sites for hydroxylation is 1. The molecule has 2 heterocycles. The predicted octanol–water partition coefficient (Wildman–Crippen LogP) is 2.14. The van der Waals surface area contributed by atoms with Crippen LogP contribution in [0, 0.1) is 11.3 Å². The lowest BCUT2D eigenvalue weighted by molar-refractivity contribution is -0.131. The molecule has 1 aromatic carbocycles. The van der Waals surface area contributed by atoms with Crippen molar-refractivity contribution in [1.29, 1.82) is 0 Å². The zero-order valence-electron chi connectivity index (χ0n) is 14.6. The summed E-state index contributed by atoms with van der Waals surface area (Å²) < 4.78 is 16.5. The second-order valence-corrected chi connectivity index (χ2v) is 6.86. The lowest BCUT2D eigenvalue weighted by Gasteiger charge is -2.26. The van der Waals surface area contributed by atoms with Gasteiger partial charge in [-0.2, -0.15) is 0 Å². The van der Waals surface area contributed by atoms with Crippen LogP contribution < -0.4 is 4.74 Å². The maximum absolute atomic E-state index is 12.6. The monoisotopic (exact) mass is 333 g/mol. The Morgan fingerprint density at radius 1 is 1.38 bits per heavy atom. The highest BCUT2D eigenvalue weighted by Gasteiger charge is 2.51. The zero-order chi connectivity index (χ0) is 17.0. The fourth-order valence-electron chi connectivity index (χ4n) is 3.84. The standard InChI is InChI=1S/C19H27NO4/c1-3-24-17-7-4-15(5-8-17)6-9-18(21)20-10-16-11-23-14-19(16,12-20)13-22-2/h4-5,7-8,16H,3,6,9-14H2,1-2H3/t16-,19-/m1/s1. The Kier molecular flexibility index (Phi) is 5.41. The van der Waals surface area contributed by atoms with Gasteiger partial charge in [-0.15, -0.1) is 0 Å². The fourth-order valence-corrected chi connectivity index (χ4v) is 3.84. The van der Waals surface area contributed by atoms with E-state index in [2.05, 4.69) is 0 Å². The number of fused-ring (bicyclic) bond motifs is 1. The molecular formula is C19H27NO4. The summed E-state index contributed by atoms with van der Waals surface area (Å²) in [5, 5.41) is 0. The molecule has 0 aliphatic carbocycles. The van der Waals surface area contributed by atoms with E-state index in [0.717, 1.165) is 31.9 Å². The highest BCUT2D eigenvalue weighted by Crippen LogP contribution is 2.41. The van der Waals surface area contributed by atoms with Crippen molar-refractivity contribution in [2.24, 2.45) is 11.3 Å². The first kappa shape index (κ1) is 17.2. The Balaban J connectivity index is 1.52. The lowest BCUT2D eigenvalue weighted by atomic mass is 9.82. The number of amides is 1. The maximum atomic E-state index is 12.6. The number of hydrogen-bond donors (Lipinski definition) is 0. The molecule has 0 unspecified atom stereocenters. The van der Waals surface area contributed by atoms with Gasteiger partial charge in [-0.3, -0.25) is 4.79 Å². The van der Waals surface area contributed by atoms with E-state index in [4.69, 9.17) is 14.2 Å². The Labute approximate surface area is 143 Å². The van der Waals surface area contributed by atoms with E-state index in [1.807, 2.05) is 36.1 Å². The van der Waals surface area contributed by atoms with Crippen LogP contribution in [0.4, 0.5) is 0 Å². The van der Waals surface area contributed by atoms with Gasteiger partial charge in [-0.05, 0) is 31.0 Å². The summed E-state index contributed by atoms with van der Waals surface area (Å²) >= 11 is 0. The van der Waals surface area contributed by atoms with Crippen molar-refractivity contribution >= 4 is 5.91 Å². The van der Waals surface area contributed by atoms with E-state index in [1.165, 1.54) is 5.56 Å². The summed E-state index contributed by atoms with van der Waals surface area (Å²) in [6, 6.07) is 8.01. The Hall–Kier alpha value is -1.59. The molecule has 0 aromatic heterocycles. The van der Waals surface area contributed by atoms with Crippen LogP contribution in [0.1, 0.15) is 18.9 Å². The van der Waals surface area contributed by atoms with Crippen LogP contribution in [0.25, 0.3) is 0 Å². The number of nitrogens with zero attached hydrogens (tertiary/aromatic N) is 1. The molecule has 2 fully saturated rings. The minimum absolute atomic E-state index is 0.00352. The predicted molar refractivity (Wildman–Crippen MR) is 91.1 cm³/mol. The van der Waals surface area contributed by atoms with Crippen LogP contribution in [-0.2, 0) is 20.7 Å². The van der Waals surface area contributed by atoms with Crippen LogP contribution in [-0.4, -0.2) is 57.4 Å². The molecule has 1 amide bonds. The maximum Gasteiger partial charge on any atom is 0.222 e. The molecule has 0 N–H and O–H groups in total. The van der Waals surface area contributed by atoms with Crippen molar-refractivity contribution in [1.82, 2.24) is 4.90 Å². The Morgan fingerprint density at radius 3 is 2.88 bits per heavy atom. The van der Waals surface area contributed by atoms with Gasteiger partial charge in [-0.25, -0.2) is 0 Å². The van der Waals surface area contributed by atoms with Gasteiger partial charge >= 0.3 is 0 Å². The van der Waals surface area contributed by atoms with Gasteiger partial charge in [-0.1, -0.05) is 12.1 Å². The van der Waals surface area contributed by atoms with E-state index in [0.29, 0.717) is 32.2 Å². The average molecular weight is 333 g/mol. The Bertz CT molecular complexity index is 559. The third kappa shape index (κ3) is 3.57. The fraction of sp³-hybridized carbons (Fsp3) is 0.632.